The maximum atomic E-state index is 13.3. The zero-order chi connectivity index (χ0) is 24.6. The van der Waals surface area contributed by atoms with Crippen LogP contribution in [0.3, 0.4) is 0 Å². The maximum Gasteiger partial charge on any atom is 0.255 e. The average molecular weight is 487 g/mol. The fourth-order valence-electron chi connectivity index (χ4n) is 4.75. The van der Waals surface area contributed by atoms with Gasteiger partial charge >= 0.3 is 0 Å². The summed E-state index contributed by atoms with van der Waals surface area (Å²) < 4.78 is 25.2. The summed E-state index contributed by atoms with van der Waals surface area (Å²) in [5.41, 5.74) is 2.64. The van der Waals surface area contributed by atoms with Crippen LogP contribution in [0.25, 0.3) is 0 Å². The number of aliphatic hydroxyl groups excluding tert-OH is 1. The first kappa shape index (κ1) is 24.2. The highest BCUT2D eigenvalue weighted by Crippen LogP contribution is 2.31. The van der Waals surface area contributed by atoms with E-state index in [9.17, 15) is 23.1 Å². The van der Waals surface area contributed by atoms with Crippen LogP contribution in [-0.2, 0) is 14.6 Å². The molecule has 1 aromatic heterocycles. The molecule has 0 radical (unpaired) electrons. The smallest absolute Gasteiger partial charge is 0.255 e. The highest BCUT2D eigenvalue weighted by Gasteiger charge is 2.34. The number of carbonyl (C=O) groups is 2. The molecule has 2 aliphatic rings. The van der Waals surface area contributed by atoms with E-state index in [0.29, 0.717) is 44.7 Å². The fourth-order valence-corrected chi connectivity index (χ4v) is 5.64. The Balaban J connectivity index is 1.57. The largest absolute Gasteiger partial charge is 0.394 e. The molecule has 1 aromatic carbocycles. The van der Waals surface area contributed by atoms with Crippen LogP contribution in [0.2, 0.25) is 0 Å². The molecule has 2 fully saturated rings. The summed E-state index contributed by atoms with van der Waals surface area (Å²) in [6.45, 7) is 5.87. The Bertz CT molecular complexity index is 1220. The molecule has 2 aliphatic heterocycles. The molecule has 34 heavy (non-hydrogen) atoms. The highest BCUT2D eigenvalue weighted by atomic mass is 32.2. The Morgan fingerprint density at radius 2 is 1.85 bits per heavy atom. The SMILES string of the molecule is Cc1cnc(N2CCN(C(=O)c3ccc(N4C(=O)CC[C@@H]4CO)cc3S(C)(=O)=O)CC2)c(C)c1. The van der Waals surface area contributed by atoms with E-state index < -0.39 is 15.9 Å². The minimum absolute atomic E-state index is 0.0940. The monoisotopic (exact) mass is 486 g/mol. The number of aromatic nitrogens is 1. The van der Waals surface area contributed by atoms with Crippen molar-refractivity contribution in [2.24, 2.45) is 0 Å². The molecule has 4 rings (SSSR count). The van der Waals surface area contributed by atoms with Crippen molar-refractivity contribution in [3.05, 3.63) is 47.2 Å². The Morgan fingerprint density at radius 3 is 2.47 bits per heavy atom. The van der Waals surface area contributed by atoms with Gasteiger partial charge in [-0.15, -0.1) is 0 Å². The van der Waals surface area contributed by atoms with Gasteiger partial charge in [-0.05, 0) is 49.6 Å². The van der Waals surface area contributed by atoms with E-state index in [2.05, 4.69) is 16.0 Å². The average Bonchev–Trinajstić information content (AvgIpc) is 3.18. The van der Waals surface area contributed by atoms with Crippen molar-refractivity contribution < 1.29 is 23.1 Å². The first-order valence-electron chi connectivity index (χ1n) is 11.3. The summed E-state index contributed by atoms with van der Waals surface area (Å²) in [5, 5.41) is 9.61. The van der Waals surface area contributed by atoms with E-state index in [1.807, 2.05) is 20.0 Å². The quantitative estimate of drug-likeness (QED) is 0.683. The Morgan fingerprint density at radius 1 is 1.15 bits per heavy atom. The molecule has 1 N–H and O–H groups in total. The van der Waals surface area contributed by atoms with Gasteiger partial charge in [0.05, 0.1) is 23.1 Å². The lowest BCUT2D eigenvalue weighted by Gasteiger charge is -2.36. The predicted octanol–water partition coefficient (Wildman–Crippen LogP) is 1.55. The number of piperazine rings is 1. The van der Waals surface area contributed by atoms with Gasteiger partial charge in [-0.2, -0.15) is 0 Å². The predicted molar refractivity (Wildman–Crippen MR) is 129 cm³/mol. The van der Waals surface area contributed by atoms with Crippen LogP contribution in [0, 0.1) is 13.8 Å². The Kier molecular flexibility index (Phi) is 6.64. The van der Waals surface area contributed by atoms with Gasteiger partial charge in [-0.3, -0.25) is 9.59 Å². The Labute approximate surface area is 199 Å². The number of aliphatic hydroxyl groups is 1. The molecule has 182 valence electrons. The minimum Gasteiger partial charge on any atom is -0.394 e. The van der Waals surface area contributed by atoms with Crippen LogP contribution in [-0.4, -0.2) is 80.3 Å². The normalized spacial score (nSPS) is 19.1. The van der Waals surface area contributed by atoms with Crippen LogP contribution < -0.4 is 9.80 Å². The van der Waals surface area contributed by atoms with E-state index in [-0.39, 0.29) is 28.9 Å². The van der Waals surface area contributed by atoms with Gasteiger partial charge in [-0.1, -0.05) is 6.07 Å². The number of hydrogen-bond donors (Lipinski definition) is 1. The number of amides is 2. The first-order chi connectivity index (χ1) is 16.1. The number of aryl methyl sites for hydroxylation is 2. The van der Waals surface area contributed by atoms with Gasteiger partial charge in [0.1, 0.15) is 5.82 Å². The van der Waals surface area contributed by atoms with Crippen LogP contribution in [0.15, 0.2) is 35.4 Å². The third kappa shape index (κ3) is 4.65. The van der Waals surface area contributed by atoms with Gasteiger partial charge in [0.25, 0.3) is 5.91 Å². The molecular formula is C24H30N4O5S. The number of nitrogens with zero attached hydrogens (tertiary/aromatic N) is 4. The molecule has 2 aromatic rings. The number of sulfone groups is 1. The summed E-state index contributed by atoms with van der Waals surface area (Å²) in [4.78, 5) is 35.3. The van der Waals surface area contributed by atoms with Crippen molar-refractivity contribution in [1.82, 2.24) is 9.88 Å². The lowest BCUT2D eigenvalue weighted by Crippen LogP contribution is -2.49. The van der Waals surface area contributed by atoms with E-state index in [1.165, 1.54) is 17.0 Å². The van der Waals surface area contributed by atoms with E-state index in [4.69, 9.17) is 0 Å². The molecule has 0 aliphatic carbocycles. The molecule has 0 bridgehead atoms. The second kappa shape index (κ2) is 9.34. The van der Waals surface area contributed by atoms with Crippen molar-refractivity contribution in [2.45, 2.75) is 37.6 Å². The summed E-state index contributed by atoms with van der Waals surface area (Å²) >= 11 is 0. The molecule has 0 unspecified atom stereocenters. The number of carbonyl (C=O) groups excluding carboxylic acids is 2. The fraction of sp³-hybridized carbons (Fsp3) is 0.458. The Hall–Kier alpha value is -2.98. The maximum absolute atomic E-state index is 13.3. The third-order valence-corrected chi connectivity index (χ3v) is 7.60. The zero-order valence-corrected chi connectivity index (χ0v) is 20.5. The summed E-state index contributed by atoms with van der Waals surface area (Å²) in [7, 11) is -3.74. The second-order valence-electron chi connectivity index (χ2n) is 9.02. The standard InChI is InChI=1S/C24H30N4O5S/c1-16-12-17(2)23(25-14-16)26-8-10-27(11-9-26)24(31)20-6-4-18(13-21(20)34(3,32)33)28-19(15-29)5-7-22(28)30/h4,6,12-14,19,29H,5,7-11,15H2,1-3H3/t19-/m1/s1. The topological polar surface area (TPSA) is 111 Å². The number of anilines is 2. The third-order valence-electron chi connectivity index (χ3n) is 6.46. The van der Waals surface area contributed by atoms with Crippen molar-refractivity contribution in [3.63, 3.8) is 0 Å². The lowest BCUT2D eigenvalue weighted by atomic mass is 10.1. The molecule has 0 spiro atoms. The van der Waals surface area contributed by atoms with Crippen molar-refractivity contribution in [2.75, 3.05) is 48.8 Å². The van der Waals surface area contributed by atoms with Gasteiger partial charge in [0.2, 0.25) is 5.91 Å². The number of hydrogen-bond acceptors (Lipinski definition) is 7. The van der Waals surface area contributed by atoms with E-state index in [0.717, 1.165) is 23.2 Å². The number of pyridine rings is 1. The van der Waals surface area contributed by atoms with Gasteiger partial charge in [0.15, 0.2) is 9.84 Å². The van der Waals surface area contributed by atoms with Gasteiger partial charge in [-0.25, -0.2) is 13.4 Å². The van der Waals surface area contributed by atoms with Crippen LogP contribution in [0.1, 0.15) is 34.3 Å². The summed E-state index contributed by atoms with van der Waals surface area (Å²) in [6.07, 6.45) is 3.68. The first-order valence-corrected chi connectivity index (χ1v) is 13.2. The molecule has 3 heterocycles. The molecule has 2 saturated heterocycles. The van der Waals surface area contributed by atoms with Crippen molar-refractivity contribution >= 4 is 33.2 Å². The number of benzene rings is 1. The molecular weight excluding hydrogens is 456 g/mol. The lowest BCUT2D eigenvalue weighted by molar-refractivity contribution is -0.117. The molecule has 10 heteroatoms. The molecule has 0 saturated carbocycles. The molecule has 9 nitrogen and oxygen atoms in total. The van der Waals surface area contributed by atoms with Crippen LogP contribution in [0.5, 0.6) is 0 Å². The minimum atomic E-state index is -3.74. The van der Waals surface area contributed by atoms with Crippen molar-refractivity contribution in [1.29, 1.82) is 0 Å². The highest BCUT2D eigenvalue weighted by molar-refractivity contribution is 7.90. The van der Waals surface area contributed by atoms with Gasteiger partial charge < -0.3 is 19.8 Å². The zero-order valence-electron chi connectivity index (χ0n) is 19.7. The molecule has 1 atom stereocenters. The second-order valence-corrected chi connectivity index (χ2v) is 11.0. The van der Waals surface area contributed by atoms with E-state index >= 15 is 0 Å². The summed E-state index contributed by atoms with van der Waals surface area (Å²) in [5.74, 6) is 0.368. The van der Waals surface area contributed by atoms with Gasteiger partial charge in [0, 0.05) is 50.7 Å². The van der Waals surface area contributed by atoms with Crippen LogP contribution >= 0.6 is 0 Å². The van der Waals surface area contributed by atoms with Crippen LogP contribution in [0.4, 0.5) is 11.5 Å². The summed E-state index contributed by atoms with van der Waals surface area (Å²) in [6, 6.07) is 6.13. The number of rotatable bonds is 5. The molecule has 2 amide bonds. The van der Waals surface area contributed by atoms with Crippen molar-refractivity contribution in [3.8, 4) is 0 Å². The van der Waals surface area contributed by atoms with E-state index in [1.54, 1.807) is 11.0 Å².